The van der Waals surface area contributed by atoms with E-state index in [-0.39, 0.29) is 11.5 Å². The number of ether oxygens (including phenoxy) is 1. The van der Waals surface area contributed by atoms with Crippen LogP contribution in [0.25, 0.3) is 0 Å². The molecule has 1 aromatic rings. The van der Waals surface area contributed by atoms with Crippen molar-refractivity contribution in [2.24, 2.45) is 5.16 Å². The van der Waals surface area contributed by atoms with E-state index in [1.54, 1.807) is 0 Å². The van der Waals surface area contributed by atoms with Gasteiger partial charge in [0.05, 0.1) is 6.61 Å². The third kappa shape index (κ3) is 6.69. The molecule has 0 radical (unpaired) electrons. The molecule has 0 amide bonds. The second-order valence-corrected chi connectivity index (χ2v) is 7.96. The number of hydrogen-bond donors (Lipinski definition) is 5. The molecule has 0 aliphatic carbocycles. The Morgan fingerprint density at radius 2 is 1.81 bits per heavy atom. The molecule has 5 N–H and O–H groups in total. The van der Waals surface area contributed by atoms with Crippen LogP contribution in [-0.2, 0) is 25.8 Å². The second kappa shape index (κ2) is 9.80. The van der Waals surface area contributed by atoms with Gasteiger partial charge in [-0.3, -0.25) is 4.55 Å². The average Bonchev–Trinajstić information content (AvgIpc) is 2.64. The molecule has 27 heavy (non-hydrogen) atoms. The molecule has 1 saturated heterocycles. The molecule has 1 heterocycles. The van der Waals surface area contributed by atoms with Gasteiger partial charge < -0.3 is 25.2 Å². The average molecular weight is 423 g/mol. The van der Waals surface area contributed by atoms with Crippen molar-refractivity contribution in [1.82, 2.24) is 0 Å². The topological polar surface area (TPSA) is 166 Å². The summed E-state index contributed by atoms with van der Waals surface area (Å²) in [6, 6.07) is 9.18. The third-order valence-electron chi connectivity index (χ3n) is 3.80. The van der Waals surface area contributed by atoms with Crippen LogP contribution in [0.4, 0.5) is 0 Å². The van der Waals surface area contributed by atoms with E-state index in [0.29, 0.717) is 6.42 Å². The van der Waals surface area contributed by atoms with Gasteiger partial charge in [0, 0.05) is 6.42 Å². The Morgan fingerprint density at radius 1 is 1.15 bits per heavy atom. The van der Waals surface area contributed by atoms with Crippen molar-refractivity contribution in [1.29, 1.82) is 0 Å². The monoisotopic (exact) mass is 423 g/mol. The predicted octanol–water partition coefficient (Wildman–Crippen LogP) is -0.715. The largest absolute Gasteiger partial charge is 0.466 e. The summed E-state index contributed by atoms with van der Waals surface area (Å²) in [7, 11) is -4.82. The zero-order chi connectivity index (χ0) is 20.0. The first kappa shape index (κ1) is 22.0. The maximum absolute atomic E-state index is 10.8. The molecule has 1 aliphatic rings. The second-order valence-electron chi connectivity index (χ2n) is 5.79. The summed E-state index contributed by atoms with van der Waals surface area (Å²) in [5, 5.41) is 42.4. The van der Waals surface area contributed by atoms with Gasteiger partial charge in [-0.2, -0.15) is 8.42 Å². The third-order valence-corrected chi connectivity index (χ3v) is 5.24. The molecule has 1 unspecified atom stereocenters. The van der Waals surface area contributed by atoms with Crippen LogP contribution >= 0.6 is 11.8 Å². The van der Waals surface area contributed by atoms with Crippen molar-refractivity contribution in [3.05, 3.63) is 35.9 Å². The standard InChI is InChI=1S/C15H21NO9S2/c17-8-10-12(18)13(19)14(20)15(24-10)26-11(16-25-27(21,22)23)7-6-9-4-2-1-3-5-9/h1-5,10,12-15,17-20H,6-8H2,(H,21,22,23)/b16-11+/t10-,12-,13+,14-,15?/m1/s1. The van der Waals surface area contributed by atoms with Gasteiger partial charge in [-0.1, -0.05) is 47.2 Å². The van der Waals surface area contributed by atoms with Crippen LogP contribution in [0.2, 0.25) is 0 Å². The Kier molecular flexibility index (Phi) is 8.00. The van der Waals surface area contributed by atoms with Gasteiger partial charge in [-0.25, -0.2) is 4.28 Å². The Bertz CT molecular complexity index is 726. The van der Waals surface area contributed by atoms with Gasteiger partial charge in [-0.15, -0.1) is 0 Å². The number of aryl methyl sites for hydroxylation is 1. The van der Waals surface area contributed by atoms with Crippen molar-refractivity contribution >= 4 is 27.2 Å². The number of thioether (sulfide) groups is 1. The Hall–Kier alpha value is -1.25. The molecule has 2 rings (SSSR count). The van der Waals surface area contributed by atoms with Crippen LogP contribution in [0.1, 0.15) is 12.0 Å². The minimum Gasteiger partial charge on any atom is -0.394 e. The van der Waals surface area contributed by atoms with Crippen molar-refractivity contribution in [2.45, 2.75) is 42.7 Å². The highest BCUT2D eigenvalue weighted by molar-refractivity contribution is 8.14. The van der Waals surface area contributed by atoms with E-state index in [2.05, 4.69) is 9.44 Å². The molecular weight excluding hydrogens is 402 g/mol. The Balaban J connectivity index is 2.12. The van der Waals surface area contributed by atoms with E-state index in [0.717, 1.165) is 17.3 Å². The van der Waals surface area contributed by atoms with E-state index < -0.39 is 46.9 Å². The number of nitrogens with zero attached hydrogens (tertiary/aromatic N) is 1. The van der Waals surface area contributed by atoms with Crippen LogP contribution in [0.15, 0.2) is 35.5 Å². The first-order valence-electron chi connectivity index (χ1n) is 7.95. The van der Waals surface area contributed by atoms with Gasteiger partial charge in [0.15, 0.2) is 0 Å². The van der Waals surface area contributed by atoms with E-state index in [1.807, 2.05) is 30.3 Å². The highest BCUT2D eigenvalue weighted by atomic mass is 32.3. The predicted molar refractivity (Wildman–Crippen MR) is 96.2 cm³/mol. The lowest BCUT2D eigenvalue weighted by atomic mass is 10.0. The molecule has 1 fully saturated rings. The number of aliphatic hydroxyl groups excluding tert-OH is 4. The number of hydrogen-bond acceptors (Lipinski definition) is 10. The maximum Gasteiger partial charge on any atom is 0.466 e. The number of benzene rings is 1. The zero-order valence-electron chi connectivity index (χ0n) is 14.0. The highest BCUT2D eigenvalue weighted by Crippen LogP contribution is 2.30. The molecular formula is C15H21NO9S2. The van der Waals surface area contributed by atoms with E-state index in [4.69, 9.17) is 9.29 Å². The van der Waals surface area contributed by atoms with Gasteiger partial charge in [0.2, 0.25) is 0 Å². The number of oxime groups is 1. The Labute approximate surface area is 160 Å². The fourth-order valence-electron chi connectivity index (χ4n) is 2.41. The summed E-state index contributed by atoms with van der Waals surface area (Å²) >= 11 is 0.754. The fraction of sp³-hybridized carbons (Fsp3) is 0.533. The molecule has 0 saturated carbocycles. The summed E-state index contributed by atoms with van der Waals surface area (Å²) in [5.41, 5.74) is -0.230. The summed E-state index contributed by atoms with van der Waals surface area (Å²) in [4.78, 5) is 0. The van der Waals surface area contributed by atoms with Gasteiger partial charge in [0.25, 0.3) is 0 Å². The maximum atomic E-state index is 10.8. The SMILES string of the molecule is O=S(=O)(O)O/N=C(\CCc1ccccc1)SC1O[C@H](CO)[C@@H](O)[C@H](O)[C@H]1O. The van der Waals surface area contributed by atoms with Crippen molar-refractivity contribution in [2.75, 3.05) is 6.61 Å². The van der Waals surface area contributed by atoms with Gasteiger partial charge in [0.1, 0.15) is 34.9 Å². The van der Waals surface area contributed by atoms with Gasteiger partial charge in [-0.05, 0) is 12.0 Å². The van der Waals surface area contributed by atoms with Crippen molar-refractivity contribution in [3.8, 4) is 0 Å². The molecule has 12 heteroatoms. The van der Waals surface area contributed by atoms with Crippen LogP contribution in [0, 0.1) is 0 Å². The van der Waals surface area contributed by atoms with Crippen molar-refractivity contribution < 1.29 is 42.4 Å². The summed E-state index contributed by atoms with van der Waals surface area (Å²) < 4.78 is 39.7. The van der Waals surface area contributed by atoms with Crippen LogP contribution in [-0.4, -0.2) is 74.9 Å². The quantitative estimate of drug-likeness (QED) is 0.163. The molecule has 1 aliphatic heterocycles. The molecule has 10 nitrogen and oxygen atoms in total. The lowest BCUT2D eigenvalue weighted by Crippen LogP contribution is -2.57. The molecule has 1 aromatic carbocycles. The summed E-state index contributed by atoms with van der Waals surface area (Å²) in [6.07, 6.45) is -5.11. The van der Waals surface area contributed by atoms with E-state index >= 15 is 0 Å². The first-order chi connectivity index (χ1) is 12.7. The zero-order valence-corrected chi connectivity index (χ0v) is 15.7. The highest BCUT2D eigenvalue weighted by Gasteiger charge is 2.44. The van der Waals surface area contributed by atoms with Crippen LogP contribution < -0.4 is 0 Å². The normalized spacial score (nSPS) is 29.5. The first-order valence-corrected chi connectivity index (χ1v) is 10.2. The minimum absolute atomic E-state index is 0.0563. The molecule has 5 atom stereocenters. The van der Waals surface area contributed by atoms with Crippen molar-refractivity contribution in [3.63, 3.8) is 0 Å². The van der Waals surface area contributed by atoms with E-state index in [1.165, 1.54) is 0 Å². The summed E-state index contributed by atoms with van der Waals surface area (Å²) in [6.45, 7) is -0.597. The van der Waals surface area contributed by atoms with Crippen LogP contribution in [0.5, 0.6) is 0 Å². The number of rotatable bonds is 7. The molecule has 152 valence electrons. The lowest BCUT2D eigenvalue weighted by molar-refractivity contribution is -0.205. The minimum atomic E-state index is -4.82. The van der Waals surface area contributed by atoms with Gasteiger partial charge >= 0.3 is 10.4 Å². The molecule has 0 spiro atoms. The molecule has 0 bridgehead atoms. The summed E-state index contributed by atoms with van der Waals surface area (Å²) in [5.74, 6) is 0. The van der Waals surface area contributed by atoms with E-state index in [9.17, 15) is 28.8 Å². The Morgan fingerprint density at radius 3 is 2.41 bits per heavy atom. The fourth-order valence-corrected chi connectivity index (χ4v) is 3.71. The molecule has 0 aromatic heterocycles. The lowest BCUT2D eigenvalue weighted by Gasteiger charge is -2.39. The smallest absolute Gasteiger partial charge is 0.394 e. The number of aliphatic hydroxyl groups is 4. The van der Waals surface area contributed by atoms with Crippen LogP contribution in [0.3, 0.4) is 0 Å².